The lowest BCUT2D eigenvalue weighted by Gasteiger charge is -2.13. The number of halogens is 4. The Kier molecular flexibility index (Phi) is 8.34. The molecule has 0 saturated heterocycles. The molecular weight excluding hydrogens is 327 g/mol. The van der Waals surface area contributed by atoms with Crippen molar-refractivity contribution in [2.75, 3.05) is 0 Å². The van der Waals surface area contributed by atoms with Crippen molar-refractivity contribution in [3.63, 3.8) is 0 Å². The first-order valence-electron chi connectivity index (χ1n) is 7.55. The SMILES string of the molecule is Cc1ccc([C+](c2ccccc2)c2ccccc2)cc1.FB(F)F.[F-]. The van der Waals surface area contributed by atoms with Crippen LogP contribution < -0.4 is 4.70 Å². The molecule has 0 unspecified atom stereocenters. The Bertz CT molecular complexity index is 673. The van der Waals surface area contributed by atoms with Gasteiger partial charge in [0.05, 0.1) is 22.6 Å². The van der Waals surface area contributed by atoms with Crippen molar-refractivity contribution in [1.29, 1.82) is 0 Å². The molecule has 0 spiro atoms. The monoisotopic (exact) mass is 344 g/mol. The van der Waals surface area contributed by atoms with Crippen molar-refractivity contribution in [2.24, 2.45) is 0 Å². The number of hydrogen-bond acceptors (Lipinski definition) is 0. The third kappa shape index (κ3) is 6.38. The summed E-state index contributed by atoms with van der Waals surface area (Å²) in [5.74, 6) is 1.28. The van der Waals surface area contributed by atoms with Crippen LogP contribution in [0.2, 0.25) is 0 Å². The minimum absolute atomic E-state index is 0. The molecule has 3 rings (SSSR count). The highest BCUT2D eigenvalue weighted by Gasteiger charge is 2.21. The quantitative estimate of drug-likeness (QED) is 0.297. The zero-order chi connectivity index (χ0) is 17.4. The predicted molar refractivity (Wildman–Crippen MR) is 93.7 cm³/mol. The van der Waals surface area contributed by atoms with Crippen LogP contribution in [0.4, 0.5) is 12.9 Å². The second-order valence-electron chi connectivity index (χ2n) is 5.22. The van der Waals surface area contributed by atoms with Crippen molar-refractivity contribution < 1.29 is 17.7 Å². The van der Waals surface area contributed by atoms with Crippen LogP contribution in [0.15, 0.2) is 84.9 Å². The molecule has 0 fully saturated rings. The van der Waals surface area contributed by atoms with Crippen molar-refractivity contribution in [2.45, 2.75) is 6.92 Å². The molecule has 0 aromatic heterocycles. The van der Waals surface area contributed by atoms with Crippen LogP contribution in [-0.4, -0.2) is 7.54 Å². The molecule has 0 atom stereocenters. The van der Waals surface area contributed by atoms with Crippen molar-refractivity contribution in [3.05, 3.63) is 113 Å². The maximum Gasteiger partial charge on any atom is 0.762 e. The van der Waals surface area contributed by atoms with Gasteiger partial charge in [-0.2, -0.15) is 0 Å². The molecular formula is C20H17BF4. The summed E-state index contributed by atoms with van der Waals surface area (Å²) in [4.78, 5) is 0. The molecule has 128 valence electrons. The summed E-state index contributed by atoms with van der Waals surface area (Å²) in [6.45, 7) is 2.12. The maximum atomic E-state index is 9.67. The van der Waals surface area contributed by atoms with Crippen LogP contribution in [0.3, 0.4) is 0 Å². The summed E-state index contributed by atoms with van der Waals surface area (Å²) < 4.78 is 29.0. The van der Waals surface area contributed by atoms with Crippen LogP contribution in [0.1, 0.15) is 22.3 Å². The van der Waals surface area contributed by atoms with Gasteiger partial charge in [0.25, 0.3) is 0 Å². The Hall–Kier alpha value is -2.69. The number of hydrogen-bond donors (Lipinski definition) is 0. The van der Waals surface area contributed by atoms with E-state index in [0.717, 1.165) is 0 Å². The minimum Gasteiger partial charge on any atom is -1.00 e. The zero-order valence-electron chi connectivity index (χ0n) is 13.7. The van der Waals surface area contributed by atoms with E-state index < -0.39 is 7.54 Å². The first-order valence-corrected chi connectivity index (χ1v) is 7.55. The summed E-state index contributed by atoms with van der Waals surface area (Å²) in [5, 5.41) is 0. The summed E-state index contributed by atoms with van der Waals surface area (Å²) in [7, 11) is -3.67. The predicted octanol–water partition coefficient (Wildman–Crippen LogP) is 2.90. The van der Waals surface area contributed by atoms with Crippen LogP contribution >= 0.6 is 0 Å². The summed E-state index contributed by atoms with van der Waals surface area (Å²) in [5.41, 5.74) is 5.05. The molecule has 0 amide bonds. The van der Waals surface area contributed by atoms with E-state index in [-0.39, 0.29) is 4.70 Å². The molecule has 25 heavy (non-hydrogen) atoms. The fraction of sp³-hybridized carbons (Fsp3) is 0.0500. The maximum absolute atomic E-state index is 9.67. The van der Waals surface area contributed by atoms with E-state index in [2.05, 4.69) is 91.9 Å². The average molecular weight is 344 g/mol. The molecule has 3 aromatic rings. The van der Waals surface area contributed by atoms with Gasteiger partial charge in [0.2, 0.25) is 0 Å². The first-order chi connectivity index (χ1) is 11.6. The lowest BCUT2D eigenvalue weighted by Crippen LogP contribution is -3.00. The molecule has 0 heterocycles. The lowest BCUT2D eigenvalue weighted by molar-refractivity contribution is -0.00000758. The van der Waals surface area contributed by atoms with Gasteiger partial charge >= 0.3 is 7.54 Å². The highest BCUT2D eigenvalue weighted by Crippen LogP contribution is 2.30. The van der Waals surface area contributed by atoms with E-state index in [9.17, 15) is 12.9 Å². The van der Waals surface area contributed by atoms with Gasteiger partial charge in [0, 0.05) is 0 Å². The van der Waals surface area contributed by atoms with Crippen molar-refractivity contribution in [3.8, 4) is 0 Å². The molecule has 0 saturated carbocycles. The van der Waals surface area contributed by atoms with E-state index in [0.29, 0.717) is 0 Å². The van der Waals surface area contributed by atoms with Gasteiger partial charge < -0.3 is 4.70 Å². The largest absolute Gasteiger partial charge is 1.00 e. The second-order valence-corrected chi connectivity index (χ2v) is 5.22. The normalized spacial score (nSPS) is 9.28. The summed E-state index contributed by atoms with van der Waals surface area (Å²) >= 11 is 0. The molecule has 0 aliphatic carbocycles. The topological polar surface area (TPSA) is 0 Å². The van der Waals surface area contributed by atoms with E-state index in [4.69, 9.17) is 0 Å². The summed E-state index contributed by atoms with van der Waals surface area (Å²) in [6.07, 6.45) is 0. The molecule has 0 nitrogen and oxygen atoms in total. The molecule has 0 bridgehead atoms. The van der Waals surface area contributed by atoms with Crippen LogP contribution in [0.25, 0.3) is 0 Å². The Morgan fingerprint density at radius 3 is 1.28 bits per heavy atom. The van der Waals surface area contributed by atoms with E-state index >= 15 is 0 Å². The highest BCUT2D eigenvalue weighted by molar-refractivity contribution is 6.33. The van der Waals surface area contributed by atoms with E-state index in [1.807, 2.05) is 0 Å². The van der Waals surface area contributed by atoms with Gasteiger partial charge in [-0.15, -0.1) is 0 Å². The molecule has 0 radical (unpaired) electrons. The van der Waals surface area contributed by atoms with E-state index in [1.54, 1.807) is 0 Å². The van der Waals surface area contributed by atoms with Gasteiger partial charge in [-0.05, 0) is 85.3 Å². The third-order valence-electron chi connectivity index (χ3n) is 3.47. The smallest absolute Gasteiger partial charge is 0.762 e. The van der Waals surface area contributed by atoms with Gasteiger partial charge in [-0.1, -0.05) is 12.1 Å². The van der Waals surface area contributed by atoms with E-state index in [1.165, 1.54) is 28.2 Å². The third-order valence-corrected chi connectivity index (χ3v) is 3.47. The highest BCUT2D eigenvalue weighted by atomic mass is 19.4. The molecule has 0 N–H and O–H groups in total. The Labute approximate surface area is 145 Å². The first kappa shape index (κ1) is 20.4. The fourth-order valence-electron chi connectivity index (χ4n) is 2.43. The lowest BCUT2D eigenvalue weighted by atomic mass is 9.85. The molecule has 3 aromatic carbocycles. The van der Waals surface area contributed by atoms with Gasteiger partial charge in [0.1, 0.15) is 0 Å². The number of benzene rings is 3. The Balaban J connectivity index is 0.000000568. The molecule has 0 aliphatic heterocycles. The fourth-order valence-corrected chi connectivity index (χ4v) is 2.43. The molecule has 5 heteroatoms. The van der Waals surface area contributed by atoms with Gasteiger partial charge in [0.15, 0.2) is 0 Å². The van der Waals surface area contributed by atoms with Gasteiger partial charge in [-0.25, -0.2) is 0 Å². The van der Waals surface area contributed by atoms with Crippen molar-refractivity contribution >= 4 is 7.54 Å². The van der Waals surface area contributed by atoms with Gasteiger partial charge in [-0.3, -0.25) is 12.9 Å². The Morgan fingerprint density at radius 1 is 0.600 bits per heavy atom. The standard InChI is InChI=1S/C20H17.BF3.FH/c1-16-12-14-19(15-13-16)20(17-8-4-2-5-9-17)18-10-6-3-7-11-18;2-1(3)4;/h2-15H,1H3;;1H/q+1;;/p-1. The van der Waals surface area contributed by atoms with Crippen LogP contribution in [-0.2, 0) is 0 Å². The zero-order valence-corrected chi connectivity index (χ0v) is 13.7. The van der Waals surface area contributed by atoms with Crippen LogP contribution in [0, 0.1) is 12.8 Å². The molecule has 0 aliphatic rings. The summed E-state index contributed by atoms with van der Waals surface area (Å²) in [6, 6.07) is 29.9. The van der Waals surface area contributed by atoms with Crippen LogP contribution in [0.5, 0.6) is 0 Å². The number of rotatable bonds is 3. The van der Waals surface area contributed by atoms with Crippen molar-refractivity contribution in [1.82, 2.24) is 0 Å². The average Bonchev–Trinajstić information content (AvgIpc) is 2.58. The number of aryl methyl sites for hydroxylation is 1. The minimum atomic E-state index is -3.67. The second kappa shape index (κ2) is 10.2. The Morgan fingerprint density at radius 2 is 0.920 bits per heavy atom.